The molecule has 0 aliphatic carbocycles. The van der Waals surface area contributed by atoms with Crippen molar-refractivity contribution in [1.29, 1.82) is 0 Å². The van der Waals surface area contributed by atoms with E-state index in [0.717, 1.165) is 39.0 Å². The Morgan fingerprint density at radius 2 is 2.00 bits per heavy atom. The number of hydrogen-bond donors (Lipinski definition) is 2. The third-order valence-electron chi connectivity index (χ3n) is 3.45. The minimum Gasteiger partial charge on any atom is -0.378 e. The molecule has 130 valence electrons. The number of ether oxygens (including phenoxy) is 1. The maximum Gasteiger partial charge on any atom is 0.243 e. The standard InChI is InChI=1S/C15H30N4O2.HI/c1-4-9-16-15(18-12-14(20)19(2)3)17-10-8-13-7-5-6-11-21-13;/h13H,4-12H2,1-3H3,(H2,16,17,18);1H. The number of halogens is 1. The summed E-state index contributed by atoms with van der Waals surface area (Å²) in [6.07, 6.45) is 5.96. The Morgan fingerprint density at radius 1 is 1.27 bits per heavy atom. The number of nitrogens with zero attached hydrogens (tertiary/aromatic N) is 2. The first kappa shape index (κ1) is 21.4. The van der Waals surface area contributed by atoms with E-state index in [9.17, 15) is 4.79 Å². The first-order valence-electron chi connectivity index (χ1n) is 7.97. The summed E-state index contributed by atoms with van der Waals surface area (Å²) in [5.74, 6) is 0.714. The summed E-state index contributed by atoms with van der Waals surface area (Å²) in [7, 11) is 3.48. The van der Waals surface area contributed by atoms with Crippen LogP contribution in [0.5, 0.6) is 0 Å². The first-order chi connectivity index (χ1) is 10.1. The van der Waals surface area contributed by atoms with Crippen molar-refractivity contribution in [3.63, 3.8) is 0 Å². The molecule has 0 aromatic rings. The molecule has 1 fully saturated rings. The van der Waals surface area contributed by atoms with Gasteiger partial charge in [-0.05, 0) is 32.1 Å². The van der Waals surface area contributed by atoms with Gasteiger partial charge in [-0.15, -0.1) is 24.0 Å². The number of rotatable bonds is 7. The van der Waals surface area contributed by atoms with Crippen LogP contribution in [0.3, 0.4) is 0 Å². The third-order valence-corrected chi connectivity index (χ3v) is 3.45. The lowest BCUT2D eigenvalue weighted by Gasteiger charge is -2.23. The van der Waals surface area contributed by atoms with E-state index in [-0.39, 0.29) is 36.4 Å². The van der Waals surface area contributed by atoms with Crippen molar-refractivity contribution >= 4 is 35.8 Å². The molecule has 1 amide bonds. The summed E-state index contributed by atoms with van der Waals surface area (Å²) < 4.78 is 5.71. The van der Waals surface area contributed by atoms with Crippen LogP contribution in [-0.4, -0.2) is 63.2 Å². The van der Waals surface area contributed by atoms with Gasteiger partial charge in [-0.25, -0.2) is 4.99 Å². The zero-order chi connectivity index (χ0) is 15.5. The number of hydrogen-bond acceptors (Lipinski definition) is 3. The second kappa shape index (κ2) is 12.9. The molecule has 0 bridgehead atoms. The van der Waals surface area contributed by atoms with Crippen LogP contribution >= 0.6 is 24.0 Å². The molecule has 1 unspecified atom stereocenters. The minimum atomic E-state index is 0. The van der Waals surface area contributed by atoms with Crippen LogP contribution in [0.1, 0.15) is 39.0 Å². The number of guanidine groups is 1. The summed E-state index contributed by atoms with van der Waals surface area (Å²) in [5.41, 5.74) is 0. The number of likely N-dealkylation sites (N-methyl/N-ethyl adjacent to an activating group) is 1. The predicted octanol–water partition coefficient (Wildman–Crippen LogP) is 1.60. The summed E-state index contributed by atoms with van der Waals surface area (Å²) >= 11 is 0. The molecule has 7 heteroatoms. The molecule has 0 saturated carbocycles. The summed E-state index contributed by atoms with van der Waals surface area (Å²) in [6.45, 7) is 4.83. The Kier molecular flexibility index (Phi) is 12.6. The maximum absolute atomic E-state index is 11.6. The van der Waals surface area contributed by atoms with Gasteiger partial charge in [0.1, 0.15) is 6.54 Å². The van der Waals surface area contributed by atoms with E-state index in [0.29, 0.717) is 12.1 Å². The van der Waals surface area contributed by atoms with E-state index < -0.39 is 0 Å². The Morgan fingerprint density at radius 3 is 2.59 bits per heavy atom. The lowest BCUT2D eigenvalue weighted by molar-refractivity contribution is -0.127. The molecule has 0 aromatic carbocycles. The first-order valence-corrected chi connectivity index (χ1v) is 7.97. The van der Waals surface area contributed by atoms with Crippen LogP contribution in [-0.2, 0) is 9.53 Å². The van der Waals surface area contributed by atoms with Crippen LogP contribution in [0.2, 0.25) is 0 Å². The second-order valence-corrected chi connectivity index (χ2v) is 5.58. The van der Waals surface area contributed by atoms with E-state index in [1.54, 1.807) is 19.0 Å². The fourth-order valence-electron chi connectivity index (χ4n) is 2.09. The van der Waals surface area contributed by atoms with E-state index >= 15 is 0 Å². The summed E-state index contributed by atoms with van der Waals surface area (Å²) in [4.78, 5) is 17.5. The van der Waals surface area contributed by atoms with Gasteiger partial charge in [-0.2, -0.15) is 0 Å². The van der Waals surface area contributed by atoms with Crippen molar-refractivity contribution in [2.75, 3.05) is 40.3 Å². The lowest BCUT2D eigenvalue weighted by atomic mass is 10.1. The lowest BCUT2D eigenvalue weighted by Crippen LogP contribution is -2.40. The molecule has 22 heavy (non-hydrogen) atoms. The Hall–Kier alpha value is -0.570. The van der Waals surface area contributed by atoms with E-state index in [1.807, 2.05) is 0 Å². The molecule has 1 aliphatic rings. The van der Waals surface area contributed by atoms with Crippen molar-refractivity contribution in [1.82, 2.24) is 15.5 Å². The van der Waals surface area contributed by atoms with E-state index in [2.05, 4.69) is 22.5 Å². The fraction of sp³-hybridized carbons (Fsp3) is 0.867. The molecule has 1 heterocycles. The molecular weight excluding hydrogens is 395 g/mol. The average Bonchev–Trinajstić information content (AvgIpc) is 2.50. The fourth-order valence-corrected chi connectivity index (χ4v) is 2.09. The summed E-state index contributed by atoms with van der Waals surface area (Å²) in [5, 5.41) is 6.51. The molecule has 1 atom stereocenters. The monoisotopic (exact) mass is 426 g/mol. The molecule has 0 aromatic heterocycles. The van der Waals surface area contributed by atoms with Crippen molar-refractivity contribution in [3.05, 3.63) is 0 Å². The maximum atomic E-state index is 11.6. The van der Waals surface area contributed by atoms with E-state index in [4.69, 9.17) is 4.74 Å². The molecule has 0 radical (unpaired) electrons. The highest BCUT2D eigenvalue weighted by Gasteiger charge is 2.13. The van der Waals surface area contributed by atoms with E-state index in [1.165, 1.54) is 12.8 Å². The largest absolute Gasteiger partial charge is 0.378 e. The Labute approximate surface area is 151 Å². The topological polar surface area (TPSA) is 66.0 Å². The number of carbonyl (C=O) groups excluding carboxylic acids is 1. The number of aliphatic imine (C=N–C) groups is 1. The van der Waals surface area contributed by atoms with Crippen LogP contribution in [0.4, 0.5) is 0 Å². The van der Waals surface area contributed by atoms with Crippen molar-refractivity contribution < 1.29 is 9.53 Å². The van der Waals surface area contributed by atoms with Crippen LogP contribution in [0, 0.1) is 0 Å². The zero-order valence-corrected chi connectivity index (χ0v) is 16.4. The van der Waals surface area contributed by atoms with Crippen molar-refractivity contribution in [2.45, 2.75) is 45.1 Å². The Bertz CT molecular complexity index is 332. The highest BCUT2D eigenvalue weighted by molar-refractivity contribution is 14.0. The van der Waals surface area contributed by atoms with Gasteiger partial charge in [0.25, 0.3) is 0 Å². The van der Waals surface area contributed by atoms with Gasteiger partial charge in [0.2, 0.25) is 5.91 Å². The smallest absolute Gasteiger partial charge is 0.243 e. The number of carbonyl (C=O) groups is 1. The number of amides is 1. The van der Waals surface area contributed by atoms with Crippen LogP contribution < -0.4 is 10.6 Å². The Balaban J connectivity index is 0.00000441. The minimum absolute atomic E-state index is 0. The van der Waals surface area contributed by atoms with Gasteiger partial charge in [-0.3, -0.25) is 4.79 Å². The predicted molar refractivity (Wildman–Crippen MR) is 101 cm³/mol. The van der Waals surface area contributed by atoms with Crippen LogP contribution in [0.15, 0.2) is 4.99 Å². The summed E-state index contributed by atoms with van der Waals surface area (Å²) in [6, 6.07) is 0. The van der Waals surface area contributed by atoms with Gasteiger partial charge in [0.15, 0.2) is 5.96 Å². The average molecular weight is 426 g/mol. The highest BCUT2D eigenvalue weighted by Crippen LogP contribution is 2.14. The van der Waals surface area contributed by atoms with Gasteiger partial charge < -0.3 is 20.3 Å². The number of nitrogens with one attached hydrogen (secondary N) is 2. The molecule has 6 nitrogen and oxygen atoms in total. The normalized spacial score (nSPS) is 18.3. The SMILES string of the molecule is CCCNC(=NCC(=O)N(C)C)NCCC1CCCCO1.I. The van der Waals surface area contributed by atoms with Crippen molar-refractivity contribution in [2.24, 2.45) is 4.99 Å². The third kappa shape index (κ3) is 9.45. The molecule has 1 rings (SSSR count). The van der Waals surface area contributed by atoms with Gasteiger partial charge in [0.05, 0.1) is 6.10 Å². The van der Waals surface area contributed by atoms with Gasteiger partial charge in [-0.1, -0.05) is 6.92 Å². The second-order valence-electron chi connectivity index (χ2n) is 5.58. The van der Waals surface area contributed by atoms with Crippen LogP contribution in [0.25, 0.3) is 0 Å². The molecule has 1 saturated heterocycles. The molecule has 0 spiro atoms. The van der Waals surface area contributed by atoms with Gasteiger partial charge in [0, 0.05) is 33.8 Å². The molecular formula is C15H31IN4O2. The highest BCUT2D eigenvalue weighted by atomic mass is 127. The molecule has 1 aliphatic heterocycles. The molecule has 2 N–H and O–H groups in total. The zero-order valence-electron chi connectivity index (χ0n) is 14.1. The van der Waals surface area contributed by atoms with Crippen molar-refractivity contribution in [3.8, 4) is 0 Å². The quantitative estimate of drug-likeness (QED) is 0.369. The van der Waals surface area contributed by atoms with Gasteiger partial charge >= 0.3 is 0 Å².